The second-order valence-electron chi connectivity index (χ2n) is 16.3. The number of benzene rings is 4. The van der Waals surface area contributed by atoms with Crippen LogP contribution in [-0.2, 0) is 36.9 Å². The Hall–Kier alpha value is -7.04. The van der Waals surface area contributed by atoms with E-state index in [9.17, 15) is 33.9 Å². The Morgan fingerprint density at radius 1 is 0.939 bits per heavy atom. The predicted octanol–water partition coefficient (Wildman–Crippen LogP) is 4.72. The molecule has 0 spiro atoms. The van der Waals surface area contributed by atoms with Crippen molar-refractivity contribution in [1.82, 2.24) is 35.7 Å². The van der Waals surface area contributed by atoms with Crippen molar-refractivity contribution in [1.29, 1.82) is 0 Å². The number of fused-ring (bicyclic) bond motifs is 5. The van der Waals surface area contributed by atoms with Gasteiger partial charge in [0.2, 0.25) is 23.6 Å². The van der Waals surface area contributed by atoms with Gasteiger partial charge in [-0.1, -0.05) is 48.0 Å². The van der Waals surface area contributed by atoms with E-state index in [1.165, 1.54) is 38.8 Å². The second-order valence-corrected chi connectivity index (χ2v) is 16.8. The van der Waals surface area contributed by atoms with Crippen LogP contribution in [0.5, 0.6) is 11.5 Å². The average molecular weight is 919 g/mol. The summed E-state index contributed by atoms with van der Waals surface area (Å²) >= 11 is 6.07. The number of halogens is 1. The summed E-state index contributed by atoms with van der Waals surface area (Å²) in [5, 5.41) is 23.0. The van der Waals surface area contributed by atoms with Gasteiger partial charge in [-0.2, -0.15) is 0 Å². The molecule has 0 unspecified atom stereocenters. The summed E-state index contributed by atoms with van der Waals surface area (Å²) in [7, 11) is 1.44. The van der Waals surface area contributed by atoms with Crippen LogP contribution in [0.3, 0.4) is 0 Å². The Labute approximate surface area is 388 Å². The van der Waals surface area contributed by atoms with Crippen LogP contribution in [0, 0.1) is 0 Å². The number of nitrogens with zero attached hydrogens (tertiary/aromatic N) is 3. The van der Waals surface area contributed by atoms with Gasteiger partial charge in [0, 0.05) is 47.6 Å². The number of nitrogens with two attached hydrogens (primary N) is 1. The van der Waals surface area contributed by atoms with Gasteiger partial charge in [0.25, 0.3) is 5.91 Å². The summed E-state index contributed by atoms with van der Waals surface area (Å²) in [5.41, 5.74) is 9.39. The highest BCUT2D eigenvalue weighted by Gasteiger charge is 2.36. The van der Waals surface area contributed by atoms with Crippen LogP contribution in [0.1, 0.15) is 67.6 Å². The van der Waals surface area contributed by atoms with Crippen molar-refractivity contribution < 1.29 is 38.6 Å². The molecule has 1 aliphatic heterocycles. The van der Waals surface area contributed by atoms with Gasteiger partial charge in [-0.3, -0.25) is 28.8 Å². The molecule has 7 N–H and O–H groups in total. The predicted molar refractivity (Wildman–Crippen MR) is 249 cm³/mol. The van der Waals surface area contributed by atoms with Crippen LogP contribution >= 0.6 is 11.6 Å². The van der Waals surface area contributed by atoms with E-state index < -0.39 is 59.7 Å². The number of amides is 5. The Morgan fingerprint density at radius 3 is 2.32 bits per heavy atom. The van der Waals surface area contributed by atoms with Gasteiger partial charge in [0.05, 0.1) is 18.9 Å². The summed E-state index contributed by atoms with van der Waals surface area (Å²) in [6.45, 7) is 5.29. The first-order valence-corrected chi connectivity index (χ1v) is 22.1. The summed E-state index contributed by atoms with van der Waals surface area (Å²) in [6, 6.07) is 18.0. The standard InChI is InChI=1S/C49H55ClN8O8/c1-29(31(3)59)53-47(63)41-26-32-8-18-42(60)38(25-32)39-27-36(15-19-43(39)66-24-23-58-22-21-52-28-58)44(48(64)54-30(2)45(61)56-41)57(4)49(65)40(7-5-6-20-51)55-46(62)35-11-9-33(10-12-35)34-13-16-37(50)17-14-34/h8-19,21-22,25,27-30,40-41,44,60H,5-7,20,23-24,26,51H2,1-4H3,(H,53,63)(H,54,64)(H,55,62)(H,56,61)/t29-,30-,40-,41-,44-/m0/s1. The third-order valence-electron chi connectivity index (χ3n) is 11.5. The van der Waals surface area contributed by atoms with Crippen LogP contribution in [0.15, 0.2) is 104 Å². The SMILES string of the molecule is CC(=O)[C@H](C)NC(=O)[C@@H]1Cc2ccc(O)c(c2)-c2cc(ccc2OCCn2ccnc2)[C@H](N(C)C(=O)[C@H](CCCCN)NC(=O)c2ccc(-c3ccc(Cl)cc3)cc2)C(=O)N[C@@H](C)C(=O)N1. The summed E-state index contributed by atoms with van der Waals surface area (Å²) in [6.07, 6.45) is 6.28. The number of likely N-dealkylation sites (N-methyl/N-ethyl adjacent to an activating group) is 1. The molecule has 0 aliphatic carbocycles. The topological polar surface area (TPSA) is 227 Å². The molecule has 1 aromatic heterocycles. The number of hydrogen-bond donors (Lipinski definition) is 6. The van der Waals surface area contributed by atoms with Gasteiger partial charge in [0.1, 0.15) is 42.3 Å². The minimum Gasteiger partial charge on any atom is -0.507 e. The van der Waals surface area contributed by atoms with Gasteiger partial charge in [0.15, 0.2) is 5.78 Å². The minimum absolute atomic E-state index is 0.0454. The molecule has 1 aliphatic rings. The zero-order valence-corrected chi connectivity index (χ0v) is 38.0. The monoisotopic (exact) mass is 918 g/mol. The van der Waals surface area contributed by atoms with Crippen molar-refractivity contribution in [2.45, 2.75) is 83.2 Å². The summed E-state index contributed by atoms with van der Waals surface area (Å²) < 4.78 is 8.13. The van der Waals surface area contributed by atoms with E-state index in [4.69, 9.17) is 22.1 Å². The van der Waals surface area contributed by atoms with Crippen LogP contribution in [0.2, 0.25) is 5.02 Å². The molecule has 0 saturated carbocycles. The third-order valence-corrected chi connectivity index (χ3v) is 11.7. The fourth-order valence-electron chi connectivity index (χ4n) is 7.55. The number of aromatic nitrogens is 2. The van der Waals surface area contributed by atoms with Gasteiger partial charge in [-0.25, -0.2) is 4.98 Å². The number of aromatic hydroxyl groups is 1. The molecule has 66 heavy (non-hydrogen) atoms. The van der Waals surface area contributed by atoms with Crippen molar-refractivity contribution in [3.05, 3.63) is 125 Å². The Balaban J connectivity index is 1.38. The van der Waals surface area contributed by atoms with E-state index in [-0.39, 0.29) is 36.5 Å². The fourth-order valence-corrected chi connectivity index (χ4v) is 7.67. The number of ether oxygens (including phenoxy) is 1. The largest absolute Gasteiger partial charge is 0.507 e. The quantitative estimate of drug-likeness (QED) is 0.0747. The number of carbonyl (C=O) groups excluding carboxylic acids is 6. The lowest BCUT2D eigenvalue weighted by molar-refractivity contribution is -0.141. The third kappa shape index (κ3) is 12.2. The number of unbranched alkanes of at least 4 members (excludes halogenated alkanes) is 1. The molecule has 0 fully saturated rings. The number of rotatable bonds is 16. The van der Waals surface area contributed by atoms with Gasteiger partial charge >= 0.3 is 0 Å². The first-order chi connectivity index (χ1) is 31.6. The van der Waals surface area contributed by atoms with E-state index in [0.717, 1.165) is 11.1 Å². The Kier molecular flexibility index (Phi) is 16.3. The van der Waals surface area contributed by atoms with Gasteiger partial charge in [-0.15, -0.1) is 0 Å². The van der Waals surface area contributed by atoms with E-state index in [1.807, 2.05) is 16.7 Å². The number of ketones is 1. The van der Waals surface area contributed by atoms with Crippen molar-refractivity contribution >= 4 is 46.9 Å². The van der Waals surface area contributed by atoms with Crippen LogP contribution in [0.4, 0.5) is 0 Å². The van der Waals surface area contributed by atoms with Crippen LogP contribution in [-0.4, -0.2) is 99.2 Å². The molecule has 4 bridgehead atoms. The number of hydrogen-bond acceptors (Lipinski definition) is 10. The zero-order valence-electron chi connectivity index (χ0n) is 37.3. The highest BCUT2D eigenvalue weighted by molar-refractivity contribution is 6.30. The summed E-state index contributed by atoms with van der Waals surface area (Å²) in [5.74, 6) is -3.31. The number of phenolic OH excluding ortho intramolecular Hbond substituents is 1. The number of Topliss-reactive ketones (excluding diaryl/α,β-unsaturated/α-hetero) is 1. The van der Waals surface area contributed by atoms with E-state index in [2.05, 4.69) is 26.3 Å². The fraction of sp³-hybridized carbons (Fsp3) is 0.327. The molecule has 5 amide bonds. The first kappa shape index (κ1) is 48.4. The van der Waals surface area contributed by atoms with E-state index in [0.29, 0.717) is 59.0 Å². The van der Waals surface area contributed by atoms with Crippen LogP contribution < -0.4 is 31.7 Å². The molecule has 16 nitrogen and oxygen atoms in total. The molecule has 6 rings (SSSR count). The Morgan fingerprint density at radius 2 is 1.65 bits per heavy atom. The first-order valence-electron chi connectivity index (χ1n) is 21.7. The Bertz CT molecular complexity index is 2530. The molecular weight excluding hydrogens is 864 g/mol. The maximum atomic E-state index is 14.8. The normalized spacial score (nSPS) is 17.0. The lowest BCUT2D eigenvalue weighted by Crippen LogP contribution is -2.56. The molecule has 4 aromatic carbocycles. The van der Waals surface area contributed by atoms with Crippen LogP contribution in [0.25, 0.3) is 22.3 Å². The highest BCUT2D eigenvalue weighted by Crippen LogP contribution is 2.39. The lowest BCUT2D eigenvalue weighted by Gasteiger charge is -2.32. The van der Waals surface area contributed by atoms with Crippen molar-refractivity contribution in [3.63, 3.8) is 0 Å². The summed E-state index contributed by atoms with van der Waals surface area (Å²) in [4.78, 5) is 88.1. The molecule has 0 saturated heterocycles. The molecule has 0 radical (unpaired) electrons. The number of nitrogens with one attached hydrogen (secondary N) is 4. The lowest BCUT2D eigenvalue weighted by atomic mass is 9.93. The smallest absolute Gasteiger partial charge is 0.251 e. The number of phenols is 1. The molecule has 5 aromatic rings. The van der Waals surface area contributed by atoms with Crippen molar-refractivity contribution in [2.24, 2.45) is 5.73 Å². The maximum absolute atomic E-state index is 14.8. The average Bonchev–Trinajstić information content (AvgIpc) is 3.83. The zero-order chi connectivity index (χ0) is 47.5. The molecule has 346 valence electrons. The minimum atomic E-state index is -1.40. The van der Waals surface area contributed by atoms with Gasteiger partial charge in [-0.05, 0) is 117 Å². The van der Waals surface area contributed by atoms with E-state index >= 15 is 0 Å². The number of imidazole rings is 1. The van der Waals surface area contributed by atoms with Crippen molar-refractivity contribution in [2.75, 3.05) is 20.2 Å². The number of carbonyl (C=O) groups is 6. The molecule has 17 heteroatoms. The van der Waals surface area contributed by atoms with Gasteiger partial charge < -0.3 is 46.3 Å². The van der Waals surface area contributed by atoms with E-state index in [1.54, 1.807) is 85.5 Å². The molecule has 2 heterocycles. The molecule has 5 atom stereocenters. The highest BCUT2D eigenvalue weighted by atomic mass is 35.5. The maximum Gasteiger partial charge on any atom is 0.251 e. The molecular formula is C49H55ClN8O8. The van der Waals surface area contributed by atoms with Crippen molar-refractivity contribution in [3.8, 4) is 33.8 Å². The second kappa shape index (κ2) is 22.2.